The van der Waals surface area contributed by atoms with Crippen molar-refractivity contribution in [3.8, 4) is 0 Å². The molecule has 2 bridgehead atoms. The Morgan fingerprint density at radius 1 is 1.10 bits per heavy atom. The maximum atomic E-state index is 13.7. The summed E-state index contributed by atoms with van der Waals surface area (Å²) in [4.78, 5) is 64.0. The Kier molecular flexibility index (Phi) is 6.75. The summed E-state index contributed by atoms with van der Waals surface area (Å²) in [6, 6.07) is 8.43. The number of anilines is 3. The van der Waals surface area contributed by atoms with E-state index in [1.807, 2.05) is 0 Å². The molecular weight excluding hydrogens is 552 g/mol. The monoisotopic (exact) mass is 576 g/mol. The zero-order valence-electron chi connectivity index (χ0n) is 21.5. The molecule has 1 aliphatic carbocycles. The molecule has 2 fully saturated rings. The van der Waals surface area contributed by atoms with Crippen molar-refractivity contribution in [1.29, 1.82) is 0 Å². The molecule has 0 spiro atoms. The van der Waals surface area contributed by atoms with E-state index in [0.29, 0.717) is 22.4 Å². The maximum absolute atomic E-state index is 13.7. The van der Waals surface area contributed by atoms with Crippen LogP contribution in [0.2, 0.25) is 5.15 Å². The van der Waals surface area contributed by atoms with Crippen molar-refractivity contribution in [3.05, 3.63) is 59.6 Å². The van der Waals surface area contributed by atoms with Crippen LogP contribution >= 0.6 is 11.6 Å². The highest BCUT2D eigenvalue weighted by molar-refractivity contribution is 6.29. The van der Waals surface area contributed by atoms with Crippen LogP contribution in [0.5, 0.6) is 0 Å². The van der Waals surface area contributed by atoms with Crippen molar-refractivity contribution < 1.29 is 19.2 Å². The number of H-pyrrole nitrogens is 1. The number of urea groups is 1. The highest BCUT2D eigenvalue weighted by Gasteiger charge is 2.51. The van der Waals surface area contributed by atoms with Crippen LogP contribution in [0.4, 0.5) is 22.2 Å². The number of aromatic amines is 1. The molecule has 2 aliphatic rings. The topological polar surface area (TPSA) is 193 Å². The minimum Gasteiger partial charge on any atom is -0.364 e. The second-order valence-electron chi connectivity index (χ2n) is 9.93. The summed E-state index contributed by atoms with van der Waals surface area (Å²) >= 11 is 5.96. The molecule has 1 saturated carbocycles. The van der Waals surface area contributed by atoms with Gasteiger partial charge in [0, 0.05) is 29.5 Å². The van der Waals surface area contributed by atoms with Crippen LogP contribution in [0.3, 0.4) is 0 Å². The summed E-state index contributed by atoms with van der Waals surface area (Å²) in [6.07, 6.45) is 5.43. The lowest BCUT2D eigenvalue weighted by Crippen LogP contribution is -2.52. The zero-order chi connectivity index (χ0) is 28.7. The van der Waals surface area contributed by atoms with Crippen LogP contribution in [-0.4, -0.2) is 65.5 Å². The third kappa shape index (κ3) is 5.16. The smallest absolute Gasteiger partial charge is 0.326 e. The van der Waals surface area contributed by atoms with Crippen LogP contribution in [0.15, 0.2) is 48.8 Å². The summed E-state index contributed by atoms with van der Waals surface area (Å²) in [5, 5.41) is 12.9. The standard InChI is InChI=1S/C26H25ClN10O4/c27-18-2-1-3-19(32-18)33-24(40)22-13-4-6-15(10-13)37(22)20(38)12-36-17-7-5-14(11-16(17)21(35-36)23(28)39)31-26(41)34-25-29-8-9-30-25/h1-3,5,7-9,11,13,15,22H,4,6,10,12H2,(H2,28,39)(H,32,33,40)(H3,29,30,31,34,41)/t13-,15+,22-/m0/s1. The predicted octanol–water partition coefficient (Wildman–Crippen LogP) is 2.57. The van der Waals surface area contributed by atoms with Crippen molar-refractivity contribution in [2.45, 2.75) is 37.9 Å². The Labute approximate surface area is 237 Å². The summed E-state index contributed by atoms with van der Waals surface area (Å²) in [5.74, 6) is -0.823. The fourth-order valence-electron chi connectivity index (χ4n) is 5.74. The normalized spacial score (nSPS) is 19.3. The molecule has 15 heteroatoms. The van der Waals surface area contributed by atoms with Crippen molar-refractivity contribution in [2.75, 3.05) is 16.0 Å². The molecule has 6 N–H and O–H groups in total. The third-order valence-corrected chi connectivity index (χ3v) is 7.58. The van der Waals surface area contributed by atoms with Gasteiger partial charge in [0.1, 0.15) is 23.6 Å². The summed E-state index contributed by atoms with van der Waals surface area (Å²) in [7, 11) is 0. The number of nitrogens with two attached hydrogens (primary N) is 1. The number of fused-ring (bicyclic) bond motifs is 3. The fraction of sp³-hybridized carbons (Fsp3) is 0.269. The van der Waals surface area contributed by atoms with Gasteiger partial charge in [0.25, 0.3) is 5.91 Å². The van der Waals surface area contributed by atoms with Crippen LogP contribution in [0.1, 0.15) is 29.8 Å². The van der Waals surface area contributed by atoms with Gasteiger partial charge in [0.05, 0.1) is 5.52 Å². The molecule has 4 heterocycles. The average Bonchev–Trinajstić information content (AvgIpc) is 3.73. The fourth-order valence-corrected chi connectivity index (χ4v) is 5.90. The number of hydrogen-bond donors (Lipinski definition) is 5. The molecule has 1 saturated heterocycles. The van der Waals surface area contributed by atoms with Crippen molar-refractivity contribution in [1.82, 2.24) is 29.6 Å². The Morgan fingerprint density at radius 3 is 2.71 bits per heavy atom. The first-order valence-electron chi connectivity index (χ1n) is 12.9. The number of imidazole rings is 1. The van der Waals surface area contributed by atoms with Crippen molar-refractivity contribution in [3.63, 3.8) is 0 Å². The van der Waals surface area contributed by atoms with Crippen LogP contribution in [0, 0.1) is 5.92 Å². The van der Waals surface area contributed by atoms with Gasteiger partial charge in [-0.1, -0.05) is 17.7 Å². The van der Waals surface area contributed by atoms with Crippen LogP contribution < -0.4 is 21.7 Å². The molecular formula is C26H25ClN10O4. The number of aromatic nitrogens is 5. The number of benzene rings is 1. The number of halogens is 1. The van der Waals surface area contributed by atoms with Gasteiger partial charge in [-0.3, -0.25) is 24.4 Å². The number of piperidine rings is 1. The molecule has 0 unspecified atom stereocenters. The van der Waals surface area contributed by atoms with Gasteiger partial charge < -0.3 is 26.3 Å². The van der Waals surface area contributed by atoms with Gasteiger partial charge >= 0.3 is 6.03 Å². The Morgan fingerprint density at radius 2 is 1.95 bits per heavy atom. The number of likely N-dealkylation sites (tertiary alicyclic amines) is 1. The van der Waals surface area contributed by atoms with E-state index in [1.54, 1.807) is 47.5 Å². The largest absolute Gasteiger partial charge is 0.364 e. The molecule has 14 nitrogen and oxygen atoms in total. The number of carbonyl (C=O) groups is 4. The summed E-state index contributed by atoms with van der Waals surface area (Å²) in [5.41, 5.74) is 6.39. The second-order valence-corrected chi connectivity index (χ2v) is 10.3. The third-order valence-electron chi connectivity index (χ3n) is 7.37. The van der Waals surface area contributed by atoms with E-state index < -0.39 is 18.0 Å². The lowest BCUT2D eigenvalue weighted by Gasteiger charge is -2.34. The lowest BCUT2D eigenvalue weighted by atomic mass is 9.97. The lowest BCUT2D eigenvalue weighted by molar-refractivity contribution is -0.141. The predicted molar refractivity (Wildman–Crippen MR) is 149 cm³/mol. The molecule has 210 valence electrons. The number of hydrogen-bond acceptors (Lipinski definition) is 7. The number of nitrogens with one attached hydrogen (secondary N) is 4. The number of amides is 5. The molecule has 1 aromatic carbocycles. The van der Waals surface area contributed by atoms with Gasteiger partial charge in [-0.05, 0) is 55.5 Å². The number of rotatable bonds is 7. The highest BCUT2D eigenvalue weighted by atomic mass is 35.5. The molecule has 3 atom stereocenters. The van der Waals surface area contributed by atoms with E-state index in [2.05, 4.69) is 36.0 Å². The Bertz CT molecular complexity index is 1670. The van der Waals surface area contributed by atoms with Gasteiger partial charge in [-0.15, -0.1) is 0 Å². The van der Waals surface area contributed by atoms with E-state index in [9.17, 15) is 19.2 Å². The van der Waals surface area contributed by atoms with Crippen LogP contribution in [0.25, 0.3) is 10.9 Å². The molecule has 4 aromatic rings. The molecule has 0 radical (unpaired) electrons. The first-order chi connectivity index (χ1) is 19.8. The Hall–Kier alpha value is -4.98. The number of carbonyl (C=O) groups excluding carboxylic acids is 4. The van der Waals surface area contributed by atoms with E-state index in [-0.39, 0.29) is 47.1 Å². The van der Waals surface area contributed by atoms with Gasteiger partial charge in [-0.25, -0.2) is 14.8 Å². The average molecular weight is 577 g/mol. The van der Waals surface area contributed by atoms with Gasteiger partial charge in [0.2, 0.25) is 17.8 Å². The molecule has 5 amide bonds. The van der Waals surface area contributed by atoms with E-state index in [0.717, 1.165) is 19.3 Å². The van der Waals surface area contributed by atoms with E-state index in [1.165, 1.54) is 10.9 Å². The molecule has 3 aromatic heterocycles. The zero-order valence-corrected chi connectivity index (χ0v) is 22.3. The first-order valence-corrected chi connectivity index (χ1v) is 13.3. The second kappa shape index (κ2) is 10.5. The maximum Gasteiger partial charge on any atom is 0.326 e. The van der Waals surface area contributed by atoms with E-state index in [4.69, 9.17) is 17.3 Å². The quantitative estimate of drug-likeness (QED) is 0.208. The summed E-state index contributed by atoms with van der Waals surface area (Å²) < 4.78 is 1.39. The molecule has 6 rings (SSSR count). The van der Waals surface area contributed by atoms with Crippen LogP contribution in [-0.2, 0) is 16.1 Å². The number of nitrogens with zero attached hydrogens (tertiary/aromatic N) is 5. The van der Waals surface area contributed by atoms with Crippen molar-refractivity contribution in [2.24, 2.45) is 11.7 Å². The minimum absolute atomic E-state index is 0.0274. The summed E-state index contributed by atoms with van der Waals surface area (Å²) in [6.45, 7) is -0.210. The van der Waals surface area contributed by atoms with E-state index >= 15 is 0 Å². The first kappa shape index (κ1) is 26.3. The molecule has 41 heavy (non-hydrogen) atoms. The van der Waals surface area contributed by atoms with Gasteiger partial charge in [0.15, 0.2) is 5.69 Å². The molecule has 1 aliphatic heterocycles. The highest BCUT2D eigenvalue weighted by Crippen LogP contribution is 2.43. The van der Waals surface area contributed by atoms with Crippen molar-refractivity contribution >= 4 is 63.7 Å². The Balaban J connectivity index is 1.22. The minimum atomic E-state index is -0.787. The SMILES string of the molecule is NC(=O)c1nn(CC(=O)N2[C@@H]3CC[C@@H](C3)[C@H]2C(=O)Nc2cccc(Cl)n2)c2ccc(NC(=O)Nc3ncc[nH]3)cc12. The number of primary amides is 1. The number of pyridine rings is 1. The van der Waals surface area contributed by atoms with Gasteiger partial charge in [-0.2, -0.15) is 5.10 Å².